The number of anilines is 2. The number of hydrogen-bond donors (Lipinski definition) is 1. The predicted molar refractivity (Wildman–Crippen MR) is 103 cm³/mol. The standard InChI is InChI=1S/C22H19N3O/c26-22(24-18-7-4-9-23-14-18)25-10-8-16-11-17-12-19(20(17)13-21(16)25)15-5-2-1-3-6-15/h1-7,9,11,13-14,19H,8,10,12H2,(H,24,26). The number of fused-ring (bicyclic) bond motifs is 2. The molecule has 1 aromatic heterocycles. The topological polar surface area (TPSA) is 45.2 Å². The lowest BCUT2D eigenvalue weighted by atomic mass is 9.73. The van der Waals surface area contributed by atoms with E-state index in [9.17, 15) is 4.79 Å². The fraction of sp³-hybridized carbons (Fsp3) is 0.182. The second kappa shape index (κ2) is 5.99. The molecule has 1 unspecified atom stereocenters. The molecule has 0 bridgehead atoms. The number of nitrogens with zero attached hydrogens (tertiary/aromatic N) is 2. The van der Waals surface area contributed by atoms with Crippen molar-refractivity contribution in [2.75, 3.05) is 16.8 Å². The Balaban J connectivity index is 1.43. The van der Waals surface area contributed by atoms with Crippen LogP contribution in [0.5, 0.6) is 0 Å². The van der Waals surface area contributed by atoms with Gasteiger partial charge in [0.25, 0.3) is 0 Å². The molecule has 4 heteroatoms. The third-order valence-electron chi connectivity index (χ3n) is 5.40. The largest absolute Gasteiger partial charge is 0.326 e. The third-order valence-corrected chi connectivity index (χ3v) is 5.40. The molecule has 2 aliphatic rings. The Kier molecular flexibility index (Phi) is 3.49. The zero-order valence-corrected chi connectivity index (χ0v) is 14.4. The summed E-state index contributed by atoms with van der Waals surface area (Å²) in [6.07, 6.45) is 5.37. The van der Waals surface area contributed by atoms with Crippen molar-refractivity contribution in [2.24, 2.45) is 0 Å². The molecule has 26 heavy (non-hydrogen) atoms. The highest BCUT2D eigenvalue weighted by Crippen LogP contribution is 2.44. The summed E-state index contributed by atoms with van der Waals surface area (Å²) in [6, 6.07) is 18.7. The summed E-state index contributed by atoms with van der Waals surface area (Å²) in [5, 5.41) is 2.94. The average Bonchev–Trinajstić information content (AvgIpc) is 3.08. The zero-order valence-electron chi connectivity index (χ0n) is 14.4. The van der Waals surface area contributed by atoms with Crippen LogP contribution < -0.4 is 10.2 Å². The van der Waals surface area contributed by atoms with E-state index in [1.54, 1.807) is 12.4 Å². The van der Waals surface area contributed by atoms with Crippen molar-refractivity contribution in [1.29, 1.82) is 0 Å². The fourth-order valence-electron chi connectivity index (χ4n) is 4.03. The van der Waals surface area contributed by atoms with Crippen LogP contribution in [-0.2, 0) is 12.8 Å². The molecule has 0 spiro atoms. The summed E-state index contributed by atoms with van der Waals surface area (Å²) < 4.78 is 0. The minimum atomic E-state index is -0.0905. The van der Waals surface area contributed by atoms with Gasteiger partial charge in [0.05, 0.1) is 11.9 Å². The van der Waals surface area contributed by atoms with Gasteiger partial charge in [0, 0.05) is 24.3 Å². The third kappa shape index (κ3) is 2.46. The van der Waals surface area contributed by atoms with E-state index >= 15 is 0 Å². The van der Waals surface area contributed by atoms with Crippen LogP contribution in [-0.4, -0.2) is 17.6 Å². The summed E-state index contributed by atoms with van der Waals surface area (Å²) in [4.78, 5) is 18.6. The molecular weight excluding hydrogens is 322 g/mol. The van der Waals surface area contributed by atoms with Crippen LogP contribution >= 0.6 is 0 Å². The highest BCUT2D eigenvalue weighted by Gasteiger charge is 2.33. The SMILES string of the molecule is O=C(Nc1cccnc1)N1CCc2cc3c(cc21)C(c1ccccc1)C3. The van der Waals surface area contributed by atoms with Crippen molar-refractivity contribution >= 4 is 17.4 Å². The van der Waals surface area contributed by atoms with Crippen molar-refractivity contribution in [3.05, 3.63) is 89.2 Å². The number of nitrogens with one attached hydrogen (secondary N) is 1. The Labute approximate surface area is 152 Å². The average molecular weight is 341 g/mol. The van der Waals surface area contributed by atoms with E-state index in [2.05, 4.69) is 52.8 Å². The molecule has 0 fully saturated rings. The van der Waals surface area contributed by atoms with Crippen LogP contribution in [0.15, 0.2) is 67.0 Å². The van der Waals surface area contributed by atoms with Gasteiger partial charge < -0.3 is 5.32 Å². The highest BCUT2D eigenvalue weighted by atomic mass is 16.2. The lowest BCUT2D eigenvalue weighted by Gasteiger charge is -2.32. The van der Waals surface area contributed by atoms with Crippen molar-refractivity contribution in [2.45, 2.75) is 18.8 Å². The number of rotatable bonds is 2. The Bertz CT molecular complexity index is 969. The Hall–Kier alpha value is -3.14. The van der Waals surface area contributed by atoms with Gasteiger partial charge in [-0.1, -0.05) is 36.4 Å². The summed E-state index contributed by atoms with van der Waals surface area (Å²) in [5.41, 5.74) is 7.17. The molecule has 1 aliphatic carbocycles. The molecule has 1 atom stereocenters. The second-order valence-electron chi connectivity index (χ2n) is 6.92. The van der Waals surface area contributed by atoms with E-state index in [0.717, 1.165) is 30.8 Å². The first-order valence-electron chi connectivity index (χ1n) is 8.99. The predicted octanol–water partition coefficient (Wildman–Crippen LogP) is 4.36. The lowest BCUT2D eigenvalue weighted by molar-refractivity contribution is 0.257. The van der Waals surface area contributed by atoms with Gasteiger partial charge in [-0.15, -0.1) is 0 Å². The minimum absolute atomic E-state index is 0.0905. The smallest absolute Gasteiger partial charge is 0.306 e. The van der Waals surface area contributed by atoms with Gasteiger partial charge >= 0.3 is 6.03 Å². The lowest BCUT2D eigenvalue weighted by Crippen LogP contribution is -2.33. The number of pyridine rings is 1. The Morgan fingerprint density at radius 3 is 2.77 bits per heavy atom. The summed E-state index contributed by atoms with van der Waals surface area (Å²) in [6.45, 7) is 0.723. The number of hydrogen-bond acceptors (Lipinski definition) is 2. The van der Waals surface area contributed by atoms with E-state index in [1.807, 2.05) is 17.0 Å². The number of carbonyl (C=O) groups is 1. The van der Waals surface area contributed by atoms with Crippen LogP contribution in [0.1, 0.15) is 28.2 Å². The molecule has 1 aliphatic heterocycles. The Morgan fingerprint density at radius 1 is 1.08 bits per heavy atom. The molecule has 2 heterocycles. The van der Waals surface area contributed by atoms with Gasteiger partial charge in [0.2, 0.25) is 0 Å². The van der Waals surface area contributed by atoms with Crippen LogP contribution in [0.3, 0.4) is 0 Å². The van der Waals surface area contributed by atoms with Gasteiger partial charge in [-0.2, -0.15) is 0 Å². The van der Waals surface area contributed by atoms with E-state index < -0.39 is 0 Å². The van der Waals surface area contributed by atoms with Crippen LogP contribution in [0.25, 0.3) is 0 Å². The van der Waals surface area contributed by atoms with Gasteiger partial charge in [-0.05, 0) is 53.3 Å². The molecular formula is C22H19N3O. The molecule has 0 radical (unpaired) electrons. The van der Waals surface area contributed by atoms with Crippen LogP contribution in [0, 0.1) is 0 Å². The maximum Gasteiger partial charge on any atom is 0.326 e. The van der Waals surface area contributed by atoms with Gasteiger partial charge in [0.1, 0.15) is 0 Å². The number of amides is 2. The monoisotopic (exact) mass is 341 g/mol. The summed E-state index contributed by atoms with van der Waals surface area (Å²) in [7, 11) is 0. The molecule has 0 saturated heterocycles. The van der Waals surface area contributed by atoms with E-state index in [1.165, 1.54) is 22.3 Å². The first kappa shape index (κ1) is 15.1. The Morgan fingerprint density at radius 2 is 1.96 bits per heavy atom. The summed E-state index contributed by atoms with van der Waals surface area (Å²) in [5.74, 6) is 0.445. The molecule has 0 saturated carbocycles. The number of benzene rings is 2. The number of urea groups is 1. The molecule has 5 rings (SSSR count). The quantitative estimate of drug-likeness (QED) is 0.752. The van der Waals surface area contributed by atoms with E-state index in [-0.39, 0.29) is 6.03 Å². The van der Waals surface area contributed by atoms with Gasteiger partial charge in [0.15, 0.2) is 0 Å². The molecule has 2 amide bonds. The molecule has 128 valence electrons. The maximum absolute atomic E-state index is 12.7. The first-order chi connectivity index (χ1) is 12.8. The highest BCUT2D eigenvalue weighted by molar-refractivity contribution is 6.03. The second-order valence-corrected chi connectivity index (χ2v) is 6.92. The molecule has 4 nitrogen and oxygen atoms in total. The van der Waals surface area contributed by atoms with Gasteiger partial charge in [-0.25, -0.2) is 4.79 Å². The van der Waals surface area contributed by atoms with Gasteiger partial charge in [-0.3, -0.25) is 9.88 Å². The minimum Gasteiger partial charge on any atom is -0.306 e. The van der Waals surface area contributed by atoms with Crippen LogP contribution in [0.2, 0.25) is 0 Å². The number of aromatic nitrogens is 1. The molecule has 3 aromatic rings. The first-order valence-corrected chi connectivity index (χ1v) is 8.99. The van der Waals surface area contributed by atoms with E-state index in [4.69, 9.17) is 0 Å². The van der Waals surface area contributed by atoms with Crippen molar-refractivity contribution in [1.82, 2.24) is 4.98 Å². The molecule has 1 N–H and O–H groups in total. The molecule has 2 aromatic carbocycles. The summed E-state index contributed by atoms with van der Waals surface area (Å²) >= 11 is 0. The normalized spacial score (nSPS) is 17.2. The van der Waals surface area contributed by atoms with Crippen molar-refractivity contribution in [3.63, 3.8) is 0 Å². The van der Waals surface area contributed by atoms with Crippen LogP contribution in [0.4, 0.5) is 16.2 Å². The maximum atomic E-state index is 12.7. The van der Waals surface area contributed by atoms with E-state index in [0.29, 0.717) is 5.92 Å². The number of carbonyl (C=O) groups excluding carboxylic acids is 1. The fourth-order valence-corrected chi connectivity index (χ4v) is 4.03. The van der Waals surface area contributed by atoms with Crippen molar-refractivity contribution in [3.8, 4) is 0 Å². The van der Waals surface area contributed by atoms with Crippen molar-refractivity contribution < 1.29 is 4.79 Å². The zero-order chi connectivity index (χ0) is 17.5.